The highest BCUT2D eigenvalue weighted by Gasteiger charge is 2.38. The van der Waals surface area contributed by atoms with Gasteiger partial charge in [-0.2, -0.15) is 0 Å². The highest BCUT2D eigenvalue weighted by Crippen LogP contribution is 2.54. The van der Waals surface area contributed by atoms with Crippen LogP contribution in [-0.2, 0) is 10.8 Å². The molecule has 0 N–H and O–H groups in total. The number of methoxy groups -OCH3 is 1. The Kier molecular flexibility index (Phi) is 7.46. The Morgan fingerprint density at radius 1 is 0.414 bits per heavy atom. The Hall–Kier alpha value is -6.84. The SMILES string of the molecule is COc1ccc(N(c2ccc3c(c2)C(C)(C)c2ccccc2-3)c2ccc3c(c2)C(C)(C)c2cc(-c4ccc5c(c4)c4ccccc4n5-c4ccccc4)ccc2-3)cc1. The van der Waals surface area contributed by atoms with Crippen molar-refractivity contribution in [2.75, 3.05) is 12.0 Å². The number of para-hydroxylation sites is 2. The lowest BCUT2D eigenvalue weighted by Gasteiger charge is -2.30. The molecule has 280 valence electrons. The molecule has 2 aliphatic rings. The summed E-state index contributed by atoms with van der Waals surface area (Å²) in [6, 6.07) is 64.9. The predicted octanol–water partition coefficient (Wildman–Crippen LogP) is 14.5. The number of fused-ring (bicyclic) bond motifs is 9. The molecule has 58 heavy (non-hydrogen) atoms. The maximum absolute atomic E-state index is 5.59. The molecule has 0 saturated carbocycles. The van der Waals surface area contributed by atoms with Gasteiger partial charge in [-0.15, -0.1) is 0 Å². The quantitative estimate of drug-likeness (QED) is 0.168. The van der Waals surface area contributed by atoms with Crippen LogP contribution in [0.4, 0.5) is 17.1 Å². The van der Waals surface area contributed by atoms with Gasteiger partial charge in [0.25, 0.3) is 0 Å². The molecule has 9 aromatic rings. The molecular weight excluding hydrogens is 705 g/mol. The number of anilines is 3. The molecule has 11 rings (SSSR count). The second-order valence-electron chi connectivity index (χ2n) is 17.0. The van der Waals surface area contributed by atoms with Gasteiger partial charge in [-0.25, -0.2) is 0 Å². The van der Waals surface area contributed by atoms with Crippen LogP contribution in [0.5, 0.6) is 5.75 Å². The van der Waals surface area contributed by atoms with Crippen LogP contribution in [0.3, 0.4) is 0 Å². The second-order valence-corrected chi connectivity index (χ2v) is 17.0. The molecule has 2 aliphatic carbocycles. The number of hydrogen-bond acceptors (Lipinski definition) is 2. The molecule has 0 saturated heterocycles. The smallest absolute Gasteiger partial charge is 0.119 e. The molecule has 0 spiro atoms. The van der Waals surface area contributed by atoms with E-state index in [1.165, 1.54) is 83.1 Å². The minimum atomic E-state index is -0.211. The van der Waals surface area contributed by atoms with Crippen molar-refractivity contribution in [1.29, 1.82) is 0 Å². The monoisotopic (exact) mass is 748 g/mol. The zero-order valence-corrected chi connectivity index (χ0v) is 33.5. The predicted molar refractivity (Wildman–Crippen MR) is 243 cm³/mol. The molecule has 1 heterocycles. The molecule has 3 heteroatoms. The molecule has 0 radical (unpaired) electrons. The number of nitrogens with zero attached hydrogens (tertiary/aromatic N) is 2. The summed E-state index contributed by atoms with van der Waals surface area (Å²) >= 11 is 0. The van der Waals surface area contributed by atoms with E-state index in [0.717, 1.165) is 22.8 Å². The summed E-state index contributed by atoms with van der Waals surface area (Å²) in [5, 5.41) is 2.53. The molecule has 0 fully saturated rings. The molecule has 0 aliphatic heterocycles. The van der Waals surface area contributed by atoms with Crippen molar-refractivity contribution >= 4 is 38.9 Å². The minimum Gasteiger partial charge on any atom is -0.497 e. The van der Waals surface area contributed by atoms with Gasteiger partial charge in [-0.05, 0) is 141 Å². The third-order valence-electron chi connectivity index (χ3n) is 13.1. The Labute approximate surface area is 340 Å². The summed E-state index contributed by atoms with van der Waals surface area (Å²) in [4.78, 5) is 2.41. The first-order chi connectivity index (χ1) is 28.2. The van der Waals surface area contributed by atoms with Crippen LogP contribution in [0, 0.1) is 0 Å². The van der Waals surface area contributed by atoms with Crippen LogP contribution in [0.15, 0.2) is 176 Å². The first-order valence-corrected chi connectivity index (χ1v) is 20.3. The maximum atomic E-state index is 5.59. The van der Waals surface area contributed by atoms with E-state index in [0.29, 0.717) is 0 Å². The van der Waals surface area contributed by atoms with Crippen LogP contribution in [0.25, 0.3) is 60.9 Å². The Bertz CT molecular complexity index is 3090. The summed E-state index contributed by atoms with van der Waals surface area (Å²) in [6.07, 6.45) is 0. The number of rotatable bonds is 6. The highest BCUT2D eigenvalue weighted by atomic mass is 16.5. The number of ether oxygens (including phenoxy) is 1. The van der Waals surface area contributed by atoms with Gasteiger partial charge in [-0.3, -0.25) is 0 Å². The van der Waals surface area contributed by atoms with E-state index in [4.69, 9.17) is 4.74 Å². The van der Waals surface area contributed by atoms with Gasteiger partial charge in [0.1, 0.15) is 5.75 Å². The van der Waals surface area contributed by atoms with Gasteiger partial charge in [0.05, 0.1) is 18.1 Å². The zero-order valence-electron chi connectivity index (χ0n) is 33.5. The van der Waals surface area contributed by atoms with Gasteiger partial charge in [0.15, 0.2) is 0 Å². The van der Waals surface area contributed by atoms with E-state index in [-0.39, 0.29) is 10.8 Å². The zero-order chi connectivity index (χ0) is 39.3. The fourth-order valence-corrected chi connectivity index (χ4v) is 10.1. The molecule has 0 atom stereocenters. The van der Waals surface area contributed by atoms with Crippen molar-refractivity contribution in [2.24, 2.45) is 0 Å². The largest absolute Gasteiger partial charge is 0.497 e. The van der Waals surface area contributed by atoms with Crippen molar-refractivity contribution in [3.8, 4) is 44.8 Å². The second kappa shape index (κ2) is 12.6. The van der Waals surface area contributed by atoms with Crippen molar-refractivity contribution in [2.45, 2.75) is 38.5 Å². The van der Waals surface area contributed by atoms with E-state index in [2.05, 4.69) is 213 Å². The summed E-state index contributed by atoms with van der Waals surface area (Å²) in [6.45, 7) is 9.47. The Morgan fingerprint density at radius 3 is 1.64 bits per heavy atom. The van der Waals surface area contributed by atoms with Crippen LogP contribution >= 0.6 is 0 Å². The van der Waals surface area contributed by atoms with Gasteiger partial charge >= 0.3 is 0 Å². The lowest BCUT2D eigenvalue weighted by molar-refractivity contribution is 0.415. The summed E-state index contributed by atoms with van der Waals surface area (Å²) in [7, 11) is 1.72. The van der Waals surface area contributed by atoms with Crippen molar-refractivity contribution in [3.05, 3.63) is 198 Å². The fraction of sp³-hybridized carbons (Fsp3) is 0.127. The first kappa shape index (κ1) is 34.4. The van der Waals surface area contributed by atoms with E-state index in [9.17, 15) is 0 Å². The molecule has 8 aromatic carbocycles. The molecular formula is C55H44N2O. The molecule has 3 nitrogen and oxygen atoms in total. The third kappa shape index (κ3) is 4.99. The van der Waals surface area contributed by atoms with Gasteiger partial charge in [0, 0.05) is 44.4 Å². The average Bonchev–Trinajstić information content (AvgIpc) is 3.80. The lowest BCUT2D eigenvalue weighted by Crippen LogP contribution is -2.18. The van der Waals surface area contributed by atoms with Crippen molar-refractivity contribution in [3.63, 3.8) is 0 Å². The van der Waals surface area contributed by atoms with Crippen molar-refractivity contribution < 1.29 is 4.74 Å². The van der Waals surface area contributed by atoms with E-state index in [1.807, 2.05) is 0 Å². The van der Waals surface area contributed by atoms with Gasteiger partial charge in [0.2, 0.25) is 0 Å². The third-order valence-corrected chi connectivity index (χ3v) is 13.1. The standard InChI is InChI=1S/C55H44N2O/c1-54(2)48-17-11-9-15-42(48)44-28-23-39(33-50(44)54)56(38-21-25-41(58-5)26-22-38)40-24-29-45-43-27-19-36(32-49(43)55(3,4)51(45)34-40)35-20-30-53-47(31-35)46-16-10-12-18-52(46)57(53)37-13-7-6-8-14-37/h6-34H,1-5H3. The Balaban J connectivity index is 1.01. The summed E-state index contributed by atoms with van der Waals surface area (Å²) in [5.41, 5.74) is 19.8. The van der Waals surface area contributed by atoms with Crippen LogP contribution in [0.1, 0.15) is 49.9 Å². The fourth-order valence-electron chi connectivity index (χ4n) is 10.1. The molecule has 0 unspecified atom stereocenters. The van der Waals surface area contributed by atoms with Crippen molar-refractivity contribution in [1.82, 2.24) is 4.57 Å². The van der Waals surface area contributed by atoms with Gasteiger partial charge in [-0.1, -0.05) is 119 Å². The van der Waals surface area contributed by atoms with E-state index in [1.54, 1.807) is 7.11 Å². The summed E-state index contributed by atoms with van der Waals surface area (Å²) < 4.78 is 7.97. The molecule has 1 aromatic heterocycles. The minimum absolute atomic E-state index is 0.101. The lowest BCUT2D eigenvalue weighted by atomic mass is 9.81. The number of hydrogen-bond donors (Lipinski definition) is 0. The van der Waals surface area contributed by atoms with Crippen LogP contribution < -0.4 is 9.64 Å². The number of benzene rings is 8. The van der Waals surface area contributed by atoms with E-state index >= 15 is 0 Å². The van der Waals surface area contributed by atoms with E-state index < -0.39 is 0 Å². The normalized spacial score (nSPS) is 14.2. The molecule has 0 amide bonds. The topological polar surface area (TPSA) is 17.4 Å². The highest BCUT2D eigenvalue weighted by molar-refractivity contribution is 6.10. The first-order valence-electron chi connectivity index (χ1n) is 20.3. The Morgan fingerprint density at radius 2 is 0.931 bits per heavy atom. The number of aromatic nitrogens is 1. The van der Waals surface area contributed by atoms with Crippen LogP contribution in [-0.4, -0.2) is 11.7 Å². The molecule has 0 bridgehead atoms. The maximum Gasteiger partial charge on any atom is 0.119 e. The average molecular weight is 749 g/mol. The van der Waals surface area contributed by atoms with Gasteiger partial charge < -0.3 is 14.2 Å². The van der Waals surface area contributed by atoms with Crippen LogP contribution in [0.2, 0.25) is 0 Å². The summed E-state index contributed by atoms with van der Waals surface area (Å²) in [5.74, 6) is 0.844.